The number of likely N-dealkylation sites (tertiary alicyclic amines) is 1. The maximum atomic E-state index is 12.1. The first-order valence-electron chi connectivity index (χ1n) is 5.32. The van der Waals surface area contributed by atoms with E-state index in [4.69, 9.17) is 5.73 Å². The second-order valence-corrected chi connectivity index (χ2v) is 7.70. The van der Waals surface area contributed by atoms with Gasteiger partial charge in [-0.05, 0) is 19.8 Å². The van der Waals surface area contributed by atoms with Crippen molar-refractivity contribution in [3.8, 4) is 0 Å². The summed E-state index contributed by atoms with van der Waals surface area (Å²) in [5, 5.41) is 0. The zero-order chi connectivity index (χ0) is 12.7. The summed E-state index contributed by atoms with van der Waals surface area (Å²) in [4.78, 5) is 13.6. The van der Waals surface area contributed by atoms with Gasteiger partial charge in [0.25, 0.3) is 0 Å². The lowest BCUT2D eigenvalue weighted by Crippen LogP contribution is -2.49. The Morgan fingerprint density at radius 1 is 1.38 bits per heavy atom. The van der Waals surface area contributed by atoms with Crippen LogP contribution in [-0.4, -0.2) is 49.4 Å². The molecular formula is C10H20N2O3S. The van der Waals surface area contributed by atoms with E-state index in [2.05, 4.69) is 0 Å². The van der Waals surface area contributed by atoms with Crippen LogP contribution in [0.3, 0.4) is 0 Å². The van der Waals surface area contributed by atoms with Crippen molar-refractivity contribution in [1.29, 1.82) is 0 Å². The lowest BCUT2D eigenvalue weighted by Gasteiger charge is -2.27. The zero-order valence-electron chi connectivity index (χ0n) is 10.2. The maximum Gasteiger partial charge on any atom is 0.243 e. The van der Waals surface area contributed by atoms with Gasteiger partial charge in [-0.15, -0.1) is 0 Å². The third-order valence-corrected chi connectivity index (χ3v) is 5.43. The van der Waals surface area contributed by atoms with E-state index in [0.717, 1.165) is 6.26 Å². The van der Waals surface area contributed by atoms with Gasteiger partial charge in [0.05, 0.1) is 0 Å². The molecule has 94 valence electrons. The molecule has 1 fully saturated rings. The molecule has 5 nitrogen and oxygen atoms in total. The van der Waals surface area contributed by atoms with Crippen molar-refractivity contribution in [1.82, 2.24) is 4.90 Å². The Labute approximate surface area is 96.9 Å². The Balaban J connectivity index is 2.89. The lowest BCUT2D eigenvalue weighted by molar-refractivity contribution is -0.132. The summed E-state index contributed by atoms with van der Waals surface area (Å²) in [5.74, 6) is -0.130. The summed E-state index contributed by atoms with van der Waals surface area (Å²) >= 11 is 0. The summed E-state index contributed by atoms with van der Waals surface area (Å²) in [6.45, 7) is 5.83. The molecule has 6 heteroatoms. The van der Waals surface area contributed by atoms with Crippen LogP contribution in [0.1, 0.15) is 20.8 Å². The van der Waals surface area contributed by atoms with Gasteiger partial charge < -0.3 is 10.6 Å². The molecule has 0 aromatic carbocycles. The first-order chi connectivity index (χ1) is 7.07. The summed E-state index contributed by atoms with van der Waals surface area (Å²) < 4.78 is 21.7. The van der Waals surface area contributed by atoms with Crippen LogP contribution in [0.5, 0.6) is 0 Å². The number of hydrogen-bond donors (Lipinski definition) is 1. The van der Waals surface area contributed by atoms with E-state index in [1.807, 2.05) is 6.92 Å². The van der Waals surface area contributed by atoms with Crippen molar-refractivity contribution in [3.63, 3.8) is 0 Å². The molecule has 0 radical (unpaired) electrons. The Morgan fingerprint density at radius 2 is 1.88 bits per heavy atom. The highest BCUT2D eigenvalue weighted by Gasteiger charge is 2.44. The van der Waals surface area contributed by atoms with Crippen LogP contribution in [0.2, 0.25) is 0 Å². The second kappa shape index (κ2) is 4.00. The minimum Gasteiger partial charge on any atom is -0.339 e. The molecule has 2 unspecified atom stereocenters. The standard InChI is InChI=1S/C10H20N2O3S/c1-7-5-12(6-8(7)11)9(13)10(2,3)16(4,14)15/h7-8H,5-6,11H2,1-4H3. The van der Waals surface area contributed by atoms with Crippen molar-refractivity contribution >= 4 is 15.7 Å². The molecule has 1 rings (SSSR count). The predicted octanol–water partition coefficient (Wildman–Crippen LogP) is -0.385. The number of sulfone groups is 1. The van der Waals surface area contributed by atoms with Gasteiger partial charge in [0.2, 0.25) is 5.91 Å². The minimum absolute atomic E-state index is 0.0562. The largest absolute Gasteiger partial charge is 0.339 e. The fraction of sp³-hybridized carbons (Fsp3) is 0.900. The van der Waals surface area contributed by atoms with Crippen LogP contribution in [-0.2, 0) is 14.6 Å². The number of hydrogen-bond acceptors (Lipinski definition) is 4. The Kier molecular flexibility index (Phi) is 3.36. The molecule has 2 N–H and O–H groups in total. The van der Waals surface area contributed by atoms with Gasteiger partial charge in [-0.3, -0.25) is 4.79 Å². The van der Waals surface area contributed by atoms with Gasteiger partial charge in [0.1, 0.15) is 4.75 Å². The zero-order valence-corrected chi connectivity index (χ0v) is 11.0. The van der Waals surface area contributed by atoms with Crippen LogP contribution < -0.4 is 5.73 Å². The van der Waals surface area contributed by atoms with E-state index in [1.54, 1.807) is 4.90 Å². The van der Waals surface area contributed by atoms with Crippen molar-refractivity contribution in [2.24, 2.45) is 11.7 Å². The van der Waals surface area contributed by atoms with Crippen molar-refractivity contribution in [2.45, 2.75) is 31.6 Å². The van der Waals surface area contributed by atoms with Crippen LogP contribution in [0.4, 0.5) is 0 Å². The van der Waals surface area contributed by atoms with Gasteiger partial charge >= 0.3 is 0 Å². The Bertz CT molecular complexity index is 379. The van der Waals surface area contributed by atoms with E-state index in [0.29, 0.717) is 13.1 Å². The molecule has 1 saturated heterocycles. The average molecular weight is 248 g/mol. The van der Waals surface area contributed by atoms with E-state index in [-0.39, 0.29) is 17.9 Å². The number of amides is 1. The minimum atomic E-state index is -3.41. The third kappa shape index (κ3) is 2.22. The molecule has 16 heavy (non-hydrogen) atoms. The van der Waals surface area contributed by atoms with Gasteiger partial charge in [0.15, 0.2) is 9.84 Å². The van der Waals surface area contributed by atoms with Crippen molar-refractivity contribution in [2.75, 3.05) is 19.3 Å². The van der Waals surface area contributed by atoms with Gasteiger partial charge in [-0.1, -0.05) is 6.92 Å². The van der Waals surface area contributed by atoms with Gasteiger partial charge in [-0.2, -0.15) is 0 Å². The number of nitrogens with zero attached hydrogens (tertiary/aromatic N) is 1. The number of carbonyl (C=O) groups excluding carboxylic acids is 1. The number of rotatable bonds is 2. The molecule has 0 saturated carbocycles. The predicted molar refractivity (Wildman–Crippen MR) is 62.6 cm³/mol. The molecule has 1 heterocycles. The first kappa shape index (κ1) is 13.4. The van der Waals surface area contributed by atoms with Crippen LogP contribution in [0.15, 0.2) is 0 Å². The number of nitrogens with two attached hydrogens (primary N) is 1. The molecule has 0 aliphatic carbocycles. The quantitative estimate of drug-likeness (QED) is 0.722. The summed E-state index contributed by atoms with van der Waals surface area (Å²) in [6.07, 6.45) is 1.09. The smallest absolute Gasteiger partial charge is 0.243 e. The van der Waals surface area contributed by atoms with Crippen LogP contribution in [0.25, 0.3) is 0 Å². The molecule has 0 aromatic heterocycles. The maximum absolute atomic E-state index is 12.1. The van der Waals surface area contributed by atoms with E-state index < -0.39 is 14.6 Å². The summed E-state index contributed by atoms with van der Waals surface area (Å²) in [6, 6.07) is -0.0562. The van der Waals surface area contributed by atoms with Crippen molar-refractivity contribution in [3.05, 3.63) is 0 Å². The molecule has 1 amide bonds. The highest BCUT2D eigenvalue weighted by atomic mass is 32.2. The molecule has 2 atom stereocenters. The first-order valence-corrected chi connectivity index (χ1v) is 7.21. The molecular weight excluding hydrogens is 228 g/mol. The van der Waals surface area contributed by atoms with E-state index in [1.165, 1.54) is 13.8 Å². The molecule has 0 aromatic rings. The lowest BCUT2D eigenvalue weighted by atomic mass is 10.1. The second-order valence-electron chi connectivity index (χ2n) is 5.13. The Morgan fingerprint density at radius 3 is 2.19 bits per heavy atom. The highest BCUT2D eigenvalue weighted by Crippen LogP contribution is 2.23. The molecule has 1 aliphatic heterocycles. The van der Waals surface area contributed by atoms with Gasteiger partial charge in [-0.25, -0.2) is 8.42 Å². The number of carbonyl (C=O) groups is 1. The Hall–Kier alpha value is -0.620. The summed E-state index contributed by atoms with van der Waals surface area (Å²) in [5.41, 5.74) is 5.82. The molecule has 0 bridgehead atoms. The van der Waals surface area contributed by atoms with E-state index >= 15 is 0 Å². The van der Waals surface area contributed by atoms with Crippen molar-refractivity contribution < 1.29 is 13.2 Å². The van der Waals surface area contributed by atoms with Gasteiger partial charge in [0, 0.05) is 25.4 Å². The summed E-state index contributed by atoms with van der Waals surface area (Å²) in [7, 11) is -3.41. The SMILES string of the molecule is CC1CN(C(=O)C(C)(C)S(C)(=O)=O)CC1N. The van der Waals surface area contributed by atoms with Crippen LogP contribution >= 0.6 is 0 Å². The molecule has 1 aliphatic rings. The van der Waals surface area contributed by atoms with E-state index in [9.17, 15) is 13.2 Å². The molecule has 0 spiro atoms. The topological polar surface area (TPSA) is 80.5 Å². The third-order valence-electron chi connectivity index (χ3n) is 3.40. The van der Waals surface area contributed by atoms with Crippen LogP contribution in [0, 0.1) is 5.92 Å². The fourth-order valence-electron chi connectivity index (χ4n) is 1.70. The average Bonchev–Trinajstić information content (AvgIpc) is 2.43. The highest BCUT2D eigenvalue weighted by molar-refractivity contribution is 7.92. The monoisotopic (exact) mass is 248 g/mol. The fourth-order valence-corrected chi connectivity index (χ4v) is 2.14. The normalized spacial score (nSPS) is 27.2.